The van der Waals surface area contributed by atoms with Crippen molar-refractivity contribution in [2.45, 2.75) is 12.6 Å². The molecule has 2 aromatic rings. The predicted molar refractivity (Wildman–Crippen MR) is 82.1 cm³/mol. The molecule has 1 atom stereocenters. The molecule has 1 aromatic carbocycles. The number of ether oxygens (including phenoxy) is 1. The summed E-state index contributed by atoms with van der Waals surface area (Å²) in [5.41, 5.74) is 7.23. The Morgan fingerprint density at radius 3 is 3.05 bits per heavy atom. The summed E-state index contributed by atoms with van der Waals surface area (Å²) >= 11 is 1.74. The van der Waals surface area contributed by atoms with Gasteiger partial charge in [0.15, 0.2) is 5.96 Å². The van der Waals surface area contributed by atoms with Gasteiger partial charge in [-0.2, -0.15) is 0 Å². The number of guanidine groups is 1. The fraction of sp³-hybridized carbons (Fsp3) is 0.267. The molecule has 2 N–H and O–H groups in total. The molecule has 1 aromatic heterocycles. The molecular weight excluding hydrogens is 270 g/mol. The van der Waals surface area contributed by atoms with E-state index >= 15 is 0 Å². The van der Waals surface area contributed by atoms with Crippen molar-refractivity contribution < 1.29 is 4.74 Å². The highest BCUT2D eigenvalue weighted by atomic mass is 32.1. The zero-order chi connectivity index (χ0) is 13.9. The van der Waals surface area contributed by atoms with Crippen LogP contribution in [-0.2, 0) is 6.54 Å². The summed E-state index contributed by atoms with van der Waals surface area (Å²) < 4.78 is 5.30. The second-order valence-electron chi connectivity index (χ2n) is 4.70. The van der Waals surface area contributed by atoms with Gasteiger partial charge in [-0.15, -0.1) is 11.3 Å². The first-order valence-electron chi connectivity index (χ1n) is 6.51. The van der Waals surface area contributed by atoms with Crippen LogP contribution < -0.4 is 10.5 Å². The molecule has 1 aliphatic heterocycles. The number of aliphatic imine (C=N–C) groups is 1. The molecular formula is C15H17N3OS. The third-order valence-electron chi connectivity index (χ3n) is 3.48. The summed E-state index contributed by atoms with van der Waals surface area (Å²) in [4.78, 5) is 7.84. The first-order valence-corrected chi connectivity index (χ1v) is 7.39. The van der Waals surface area contributed by atoms with Crippen LogP contribution in [0.1, 0.15) is 16.5 Å². The standard InChI is InChI=1S/C15H17N3OS/c1-19-12-5-2-4-11(8-12)14-9-17-15(16)18(14)10-13-6-3-7-20-13/h2-8,14H,9-10H2,1H3,(H2,16,17). The largest absolute Gasteiger partial charge is 0.497 e. The van der Waals surface area contributed by atoms with Crippen molar-refractivity contribution in [1.29, 1.82) is 0 Å². The van der Waals surface area contributed by atoms with Crippen molar-refractivity contribution in [3.8, 4) is 5.75 Å². The van der Waals surface area contributed by atoms with Gasteiger partial charge in [-0.05, 0) is 29.1 Å². The van der Waals surface area contributed by atoms with Crippen LogP contribution >= 0.6 is 11.3 Å². The van der Waals surface area contributed by atoms with Crippen LogP contribution in [0, 0.1) is 0 Å². The van der Waals surface area contributed by atoms with E-state index in [9.17, 15) is 0 Å². The molecule has 1 aliphatic rings. The normalized spacial score (nSPS) is 18.1. The van der Waals surface area contributed by atoms with Gasteiger partial charge < -0.3 is 15.4 Å². The molecule has 0 saturated carbocycles. The minimum Gasteiger partial charge on any atom is -0.497 e. The number of rotatable bonds is 4. The maximum Gasteiger partial charge on any atom is 0.192 e. The van der Waals surface area contributed by atoms with E-state index in [1.165, 1.54) is 10.4 Å². The van der Waals surface area contributed by atoms with E-state index in [-0.39, 0.29) is 6.04 Å². The summed E-state index contributed by atoms with van der Waals surface area (Å²) in [5.74, 6) is 1.48. The number of benzene rings is 1. The van der Waals surface area contributed by atoms with Crippen molar-refractivity contribution in [3.05, 3.63) is 52.2 Å². The van der Waals surface area contributed by atoms with Gasteiger partial charge >= 0.3 is 0 Å². The molecule has 0 bridgehead atoms. The van der Waals surface area contributed by atoms with Crippen LogP contribution in [0.5, 0.6) is 5.75 Å². The first kappa shape index (κ1) is 13.0. The monoisotopic (exact) mass is 287 g/mol. The molecule has 4 nitrogen and oxygen atoms in total. The highest BCUT2D eigenvalue weighted by Gasteiger charge is 2.27. The molecule has 104 valence electrons. The lowest BCUT2D eigenvalue weighted by molar-refractivity contribution is 0.341. The first-order chi connectivity index (χ1) is 9.78. The molecule has 0 saturated heterocycles. The molecule has 5 heteroatoms. The lowest BCUT2D eigenvalue weighted by Crippen LogP contribution is -2.35. The topological polar surface area (TPSA) is 50.9 Å². The molecule has 3 rings (SSSR count). The number of thiophene rings is 1. The SMILES string of the molecule is COc1cccc(C2CN=C(N)N2Cc2cccs2)c1. The Morgan fingerprint density at radius 1 is 1.40 bits per heavy atom. The van der Waals surface area contributed by atoms with E-state index < -0.39 is 0 Å². The minimum absolute atomic E-state index is 0.187. The van der Waals surface area contributed by atoms with Crippen molar-refractivity contribution in [1.82, 2.24) is 4.90 Å². The Hall–Kier alpha value is -2.01. The Balaban J connectivity index is 1.84. The number of hydrogen-bond acceptors (Lipinski definition) is 5. The van der Waals surface area contributed by atoms with Crippen LogP contribution in [0.15, 0.2) is 46.8 Å². The molecule has 0 fully saturated rings. The van der Waals surface area contributed by atoms with Gasteiger partial charge in [0, 0.05) is 4.88 Å². The second-order valence-corrected chi connectivity index (χ2v) is 5.73. The minimum atomic E-state index is 0.187. The quantitative estimate of drug-likeness (QED) is 0.940. The molecule has 0 spiro atoms. The van der Waals surface area contributed by atoms with E-state index in [1.807, 2.05) is 12.1 Å². The van der Waals surface area contributed by atoms with Crippen molar-refractivity contribution in [3.63, 3.8) is 0 Å². The highest BCUT2D eigenvalue weighted by Crippen LogP contribution is 2.30. The van der Waals surface area contributed by atoms with E-state index in [0.29, 0.717) is 12.5 Å². The molecule has 0 amide bonds. The summed E-state index contributed by atoms with van der Waals surface area (Å²) in [7, 11) is 1.68. The third-order valence-corrected chi connectivity index (χ3v) is 4.34. The number of nitrogens with two attached hydrogens (primary N) is 1. The van der Waals surface area contributed by atoms with Crippen LogP contribution in [0.2, 0.25) is 0 Å². The third kappa shape index (κ3) is 2.49. The number of methoxy groups -OCH3 is 1. The average molecular weight is 287 g/mol. The fourth-order valence-electron chi connectivity index (χ4n) is 2.42. The molecule has 0 radical (unpaired) electrons. The van der Waals surface area contributed by atoms with Gasteiger partial charge in [-0.1, -0.05) is 18.2 Å². The molecule has 2 heterocycles. The van der Waals surface area contributed by atoms with Crippen LogP contribution in [0.25, 0.3) is 0 Å². The highest BCUT2D eigenvalue weighted by molar-refractivity contribution is 7.09. The van der Waals surface area contributed by atoms with Crippen molar-refractivity contribution >= 4 is 17.3 Å². The van der Waals surface area contributed by atoms with E-state index in [2.05, 4.69) is 39.5 Å². The smallest absolute Gasteiger partial charge is 0.192 e. The second kappa shape index (κ2) is 5.54. The average Bonchev–Trinajstić information content (AvgIpc) is 3.11. The van der Waals surface area contributed by atoms with Gasteiger partial charge in [0.2, 0.25) is 0 Å². The summed E-state index contributed by atoms with van der Waals surface area (Å²) in [6.07, 6.45) is 0. The van der Waals surface area contributed by atoms with E-state index in [0.717, 1.165) is 12.3 Å². The Kier molecular flexibility index (Phi) is 3.60. The lowest BCUT2D eigenvalue weighted by atomic mass is 10.1. The zero-order valence-electron chi connectivity index (χ0n) is 11.3. The Labute approximate surface area is 122 Å². The van der Waals surface area contributed by atoms with E-state index in [1.54, 1.807) is 18.4 Å². The van der Waals surface area contributed by atoms with Gasteiger partial charge in [0.1, 0.15) is 5.75 Å². The summed E-state index contributed by atoms with van der Waals surface area (Å²) in [5, 5.41) is 2.08. The van der Waals surface area contributed by atoms with Crippen LogP contribution in [0.3, 0.4) is 0 Å². The Morgan fingerprint density at radius 2 is 2.30 bits per heavy atom. The van der Waals surface area contributed by atoms with Gasteiger partial charge in [0.05, 0.1) is 26.2 Å². The Bertz CT molecular complexity index is 609. The molecule has 0 aliphatic carbocycles. The summed E-state index contributed by atoms with van der Waals surface area (Å²) in [6, 6.07) is 12.5. The number of hydrogen-bond donors (Lipinski definition) is 1. The van der Waals surface area contributed by atoms with Crippen molar-refractivity contribution in [2.24, 2.45) is 10.7 Å². The zero-order valence-corrected chi connectivity index (χ0v) is 12.1. The molecule has 1 unspecified atom stereocenters. The van der Waals surface area contributed by atoms with Gasteiger partial charge in [0.25, 0.3) is 0 Å². The lowest BCUT2D eigenvalue weighted by Gasteiger charge is -2.26. The maximum absolute atomic E-state index is 6.04. The summed E-state index contributed by atoms with van der Waals surface area (Å²) in [6.45, 7) is 1.50. The van der Waals surface area contributed by atoms with Crippen molar-refractivity contribution in [2.75, 3.05) is 13.7 Å². The van der Waals surface area contributed by atoms with E-state index in [4.69, 9.17) is 10.5 Å². The predicted octanol–water partition coefficient (Wildman–Crippen LogP) is 2.63. The van der Waals surface area contributed by atoms with Crippen LogP contribution in [-0.4, -0.2) is 24.5 Å². The fourth-order valence-corrected chi connectivity index (χ4v) is 3.13. The van der Waals surface area contributed by atoms with Gasteiger partial charge in [-0.3, -0.25) is 4.99 Å². The molecule has 20 heavy (non-hydrogen) atoms. The van der Waals surface area contributed by atoms with Crippen LogP contribution in [0.4, 0.5) is 0 Å². The van der Waals surface area contributed by atoms with Gasteiger partial charge in [-0.25, -0.2) is 0 Å². The number of nitrogens with zero attached hydrogens (tertiary/aromatic N) is 2. The maximum atomic E-state index is 6.04.